The highest BCUT2D eigenvalue weighted by atomic mass is 16.5. The number of carbonyl (C=O) groups excluding carboxylic acids is 1. The van der Waals surface area contributed by atoms with E-state index in [1.165, 1.54) is 6.26 Å². The molecule has 0 radical (unpaired) electrons. The maximum Gasteiger partial charge on any atom is 0.268 e. The number of rotatable bonds is 3. The van der Waals surface area contributed by atoms with E-state index < -0.39 is 5.91 Å². The molecule has 1 unspecified atom stereocenters. The van der Waals surface area contributed by atoms with Gasteiger partial charge in [-0.2, -0.15) is 0 Å². The van der Waals surface area contributed by atoms with Crippen molar-refractivity contribution < 1.29 is 14.6 Å². The van der Waals surface area contributed by atoms with Gasteiger partial charge in [-0.3, -0.25) is 4.79 Å². The Bertz CT molecular complexity index is 215. The first-order valence-corrected chi connectivity index (χ1v) is 3.69. The van der Waals surface area contributed by atoms with Gasteiger partial charge >= 0.3 is 0 Å². The van der Waals surface area contributed by atoms with Crippen molar-refractivity contribution in [1.82, 2.24) is 4.90 Å². The molecule has 0 bridgehead atoms. The quantitative estimate of drug-likeness (QED) is 0.571. The number of nitrogens with two attached hydrogens (primary N) is 1. The molecule has 1 atom stereocenters. The number of nitrogens with zero attached hydrogens (tertiary/aromatic N) is 1. The van der Waals surface area contributed by atoms with Crippen LogP contribution in [0.15, 0.2) is 12.0 Å². The van der Waals surface area contributed by atoms with Crippen LogP contribution >= 0.6 is 0 Å². The van der Waals surface area contributed by atoms with Crippen molar-refractivity contribution in [3.05, 3.63) is 12.0 Å². The molecule has 1 amide bonds. The highest BCUT2D eigenvalue weighted by Gasteiger charge is 2.26. The predicted octanol–water partition coefficient (Wildman–Crippen LogP) is -1.02. The van der Waals surface area contributed by atoms with E-state index in [1.54, 1.807) is 11.8 Å². The van der Waals surface area contributed by atoms with Gasteiger partial charge in [-0.05, 0) is 6.92 Å². The van der Waals surface area contributed by atoms with Gasteiger partial charge in [-0.1, -0.05) is 0 Å². The number of aliphatic hydroxyl groups excluding tert-OH is 1. The fourth-order valence-corrected chi connectivity index (χ4v) is 1.11. The molecule has 12 heavy (non-hydrogen) atoms. The second-order valence-corrected chi connectivity index (χ2v) is 2.52. The highest BCUT2D eigenvalue weighted by Crippen LogP contribution is 2.17. The topological polar surface area (TPSA) is 75.8 Å². The van der Waals surface area contributed by atoms with E-state index in [2.05, 4.69) is 0 Å². The fourth-order valence-electron chi connectivity index (χ4n) is 1.11. The number of hydrogen-bond acceptors (Lipinski definition) is 4. The molecule has 3 N–H and O–H groups in total. The minimum atomic E-state index is -0.534. The van der Waals surface area contributed by atoms with Crippen LogP contribution in [0, 0.1) is 0 Å². The van der Waals surface area contributed by atoms with Gasteiger partial charge in [0.05, 0.1) is 6.61 Å². The summed E-state index contributed by atoms with van der Waals surface area (Å²) in [4.78, 5) is 12.4. The second-order valence-electron chi connectivity index (χ2n) is 2.52. The summed E-state index contributed by atoms with van der Waals surface area (Å²) in [5, 5.41) is 8.67. The SMILES string of the molecule is CC1OC=C(C(N)=O)N1CCO. The minimum Gasteiger partial charge on any atom is -0.476 e. The van der Waals surface area contributed by atoms with Crippen LogP contribution < -0.4 is 5.73 Å². The molecule has 0 aromatic heterocycles. The molecular weight excluding hydrogens is 160 g/mol. The van der Waals surface area contributed by atoms with Crippen molar-refractivity contribution in [3.8, 4) is 0 Å². The summed E-state index contributed by atoms with van der Waals surface area (Å²) in [6.07, 6.45) is 1.10. The van der Waals surface area contributed by atoms with Crippen LogP contribution in [0.25, 0.3) is 0 Å². The molecule has 0 saturated heterocycles. The van der Waals surface area contributed by atoms with E-state index >= 15 is 0 Å². The molecule has 1 heterocycles. The van der Waals surface area contributed by atoms with Gasteiger partial charge < -0.3 is 20.5 Å². The summed E-state index contributed by atoms with van der Waals surface area (Å²) >= 11 is 0. The van der Waals surface area contributed by atoms with E-state index in [9.17, 15) is 4.79 Å². The summed E-state index contributed by atoms with van der Waals surface area (Å²) in [6.45, 7) is 2.11. The van der Waals surface area contributed by atoms with Crippen LogP contribution in [0.1, 0.15) is 6.92 Å². The maximum atomic E-state index is 10.8. The number of hydrogen-bond donors (Lipinski definition) is 2. The van der Waals surface area contributed by atoms with Crippen molar-refractivity contribution in [2.75, 3.05) is 13.2 Å². The molecule has 1 aliphatic heterocycles. The Labute approximate surface area is 70.4 Å². The molecule has 0 aromatic rings. The number of carbonyl (C=O) groups is 1. The molecule has 1 aliphatic rings. The van der Waals surface area contributed by atoms with E-state index in [-0.39, 0.29) is 12.8 Å². The summed E-state index contributed by atoms with van der Waals surface area (Å²) in [5.74, 6) is -0.534. The average molecular weight is 172 g/mol. The van der Waals surface area contributed by atoms with Crippen molar-refractivity contribution in [3.63, 3.8) is 0 Å². The first-order valence-electron chi connectivity index (χ1n) is 3.69. The average Bonchev–Trinajstić information content (AvgIpc) is 2.34. The first-order chi connectivity index (χ1) is 5.66. The monoisotopic (exact) mass is 172 g/mol. The van der Waals surface area contributed by atoms with Gasteiger partial charge in [0.1, 0.15) is 12.0 Å². The molecule has 1 rings (SSSR count). The van der Waals surface area contributed by atoms with Crippen LogP contribution in [-0.4, -0.2) is 35.3 Å². The van der Waals surface area contributed by atoms with Gasteiger partial charge in [0, 0.05) is 6.54 Å². The lowest BCUT2D eigenvalue weighted by Gasteiger charge is -2.22. The number of ether oxygens (including phenoxy) is 1. The van der Waals surface area contributed by atoms with Gasteiger partial charge in [0.2, 0.25) is 0 Å². The van der Waals surface area contributed by atoms with E-state index in [4.69, 9.17) is 15.6 Å². The summed E-state index contributed by atoms with van der Waals surface area (Å²) in [5.41, 5.74) is 5.39. The molecule has 0 aliphatic carbocycles. The van der Waals surface area contributed by atoms with Gasteiger partial charge in [0.15, 0.2) is 6.23 Å². The van der Waals surface area contributed by atoms with Crippen LogP contribution in [-0.2, 0) is 9.53 Å². The zero-order valence-corrected chi connectivity index (χ0v) is 6.86. The maximum absolute atomic E-state index is 10.8. The third-order valence-corrected chi connectivity index (χ3v) is 1.72. The van der Waals surface area contributed by atoms with Crippen LogP contribution in [0.5, 0.6) is 0 Å². The molecule has 0 spiro atoms. The lowest BCUT2D eigenvalue weighted by molar-refractivity contribution is -0.116. The summed E-state index contributed by atoms with van der Waals surface area (Å²) < 4.78 is 5.04. The Hall–Kier alpha value is -1.23. The number of primary amides is 1. The van der Waals surface area contributed by atoms with Crippen molar-refractivity contribution in [2.24, 2.45) is 5.73 Å². The molecular formula is C7H12N2O3. The third-order valence-electron chi connectivity index (χ3n) is 1.72. The Morgan fingerprint density at radius 1 is 1.92 bits per heavy atom. The van der Waals surface area contributed by atoms with Crippen LogP contribution in [0.4, 0.5) is 0 Å². The molecule has 68 valence electrons. The third kappa shape index (κ3) is 1.50. The first kappa shape index (κ1) is 8.86. The minimum absolute atomic E-state index is 0.0294. The van der Waals surface area contributed by atoms with Gasteiger partial charge in [0.25, 0.3) is 5.91 Å². The lowest BCUT2D eigenvalue weighted by atomic mass is 10.4. The Kier molecular flexibility index (Phi) is 2.54. The van der Waals surface area contributed by atoms with Crippen LogP contribution in [0.2, 0.25) is 0 Å². The standard InChI is InChI=1S/C7H12N2O3/c1-5-9(2-3-10)6(4-12-5)7(8)11/h4-5,10H,2-3H2,1H3,(H2,8,11). The largest absolute Gasteiger partial charge is 0.476 e. The fraction of sp³-hybridized carbons (Fsp3) is 0.571. The Balaban J connectivity index is 2.67. The van der Waals surface area contributed by atoms with Crippen molar-refractivity contribution in [2.45, 2.75) is 13.2 Å². The highest BCUT2D eigenvalue weighted by molar-refractivity contribution is 5.91. The molecule has 5 nitrogen and oxygen atoms in total. The summed E-state index contributed by atoms with van der Waals surface area (Å²) in [7, 11) is 0. The normalized spacial score (nSPS) is 22.0. The second kappa shape index (κ2) is 3.44. The smallest absolute Gasteiger partial charge is 0.268 e. The molecule has 0 aromatic carbocycles. The Morgan fingerprint density at radius 3 is 3.08 bits per heavy atom. The van der Waals surface area contributed by atoms with Gasteiger partial charge in [-0.15, -0.1) is 0 Å². The zero-order chi connectivity index (χ0) is 9.14. The van der Waals surface area contributed by atoms with Crippen molar-refractivity contribution in [1.29, 1.82) is 0 Å². The number of β-amino-alcohol motifs (C(OH)–C–C–N with tert-alkyl or cyclic N) is 1. The summed E-state index contributed by atoms with van der Waals surface area (Å²) in [6, 6.07) is 0. The van der Waals surface area contributed by atoms with E-state index in [1.807, 2.05) is 0 Å². The number of amides is 1. The molecule has 0 saturated carbocycles. The van der Waals surface area contributed by atoms with Crippen LogP contribution in [0.3, 0.4) is 0 Å². The molecule has 5 heteroatoms. The van der Waals surface area contributed by atoms with E-state index in [0.29, 0.717) is 12.2 Å². The number of aliphatic hydroxyl groups is 1. The molecule has 0 fully saturated rings. The van der Waals surface area contributed by atoms with Gasteiger partial charge in [-0.25, -0.2) is 0 Å². The van der Waals surface area contributed by atoms with Crippen molar-refractivity contribution >= 4 is 5.91 Å². The zero-order valence-electron chi connectivity index (χ0n) is 6.86. The lowest BCUT2D eigenvalue weighted by Crippen LogP contribution is -2.35. The van der Waals surface area contributed by atoms with E-state index in [0.717, 1.165) is 0 Å². The predicted molar refractivity (Wildman–Crippen MR) is 41.6 cm³/mol. The Morgan fingerprint density at radius 2 is 2.58 bits per heavy atom.